The Balaban J connectivity index is 2.12. The van der Waals surface area contributed by atoms with Gasteiger partial charge in [0.15, 0.2) is 11.6 Å². The van der Waals surface area contributed by atoms with Crippen LogP contribution in [0.1, 0.15) is 18.0 Å². The van der Waals surface area contributed by atoms with Gasteiger partial charge in [0, 0.05) is 11.9 Å². The van der Waals surface area contributed by atoms with Crippen LogP contribution < -0.4 is 0 Å². The van der Waals surface area contributed by atoms with Crippen molar-refractivity contribution in [1.82, 2.24) is 4.90 Å². The van der Waals surface area contributed by atoms with E-state index in [9.17, 15) is 13.6 Å². The number of hydrogen-bond acceptors (Lipinski definition) is 2. The molecule has 0 N–H and O–H groups in total. The summed E-state index contributed by atoms with van der Waals surface area (Å²) in [6.45, 7) is 0.533. The number of amides is 1. The molecule has 3 nitrogen and oxygen atoms in total. The Bertz CT molecular complexity index is 522. The summed E-state index contributed by atoms with van der Waals surface area (Å²) in [6, 6.07) is 3.26. The zero-order chi connectivity index (χ0) is 14.5. The number of hydrogen-bond donors (Lipinski definition) is 0. The fraction of sp³-hybridized carbons (Fsp3) is 0.357. The largest absolute Gasteiger partial charge is 0.447 e. The number of benzene rings is 1. The van der Waals surface area contributed by atoms with Crippen LogP contribution in [0.15, 0.2) is 30.4 Å². The number of rotatable bonds is 5. The molecule has 0 saturated carbocycles. The first kappa shape index (κ1) is 15.0. The van der Waals surface area contributed by atoms with Crippen molar-refractivity contribution in [2.24, 2.45) is 0 Å². The third-order valence-corrected chi connectivity index (χ3v) is 3.51. The molecule has 0 aromatic heterocycles. The van der Waals surface area contributed by atoms with Crippen LogP contribution in [0.3, 0.4) is 0 Å². The third kappa shape index (κ3) is 3.36. The van der Waals surface area contributed by atoms with Gasteiger partial charge in [-0.25, -0.2) is 13.6 Å². The van der Waals surface area contributed by atoms with E-state index in [1.165, 1.54) is 11.0 Å². The van der Waals surface area contributed by atoms with E-state index in [1.807, 2.05) is 12.2 Å². The maximum absolute atomic E-state index is 13.3. The molecule has 1 unspecified atom stereocenters. The first-order chi connectivity index (χ1) is 9.63. The molecule has 1 atom stereocenters. The van der Waals surface area contributed by atoms with Gasteiger partial charge in [-0.3, -0.25) is 4.90 Å². The molecule has 0 radical (unpaired) electrons. The van der Waals surface area contributed by atoms with Gasteiger partial charge in [-0.2, -0.15) is 0 Å². The lowest BCUT2D eigenvalue weighted by Gasteiger charge is -2.20. The van der Waals surface area contributed by atoms with Crippen LogP contribution in [0, 0.1) is 11.6 Å². The van der Waals surface area contributed by atoms with E-state index in [4.69, 9.17) is 4.74 Å². The van der Waals surface area contributed by atoms with Crippen molar-refractivity contribution in [3.8, 4) is 0 Å². The predicted octanol–water partition coefficient (Wildman–Crippen LogP) is 3.80. The summed E-state index contributed by atoms with van der Waals surface area (Å²) in [7, 11) is 0. The molecular weight excluding hydrogens is 332 g/mol. The second-order valence-electron chi connectivity index (χ2n) is 4.37. The number of halogens is 3. The number of allylic oxidation sites excluding steroid dienone is 1. The van der Waals surface area contributed by atoms with Gasteiger partial charge >= 0.3 is 6.09 Å². The zero-order valence-electron chi connectivity index (χ0n) is 10.7. The van der Waals surface area contributed by atoms with Gasteiger partial charge < -0.3 is 4.74 Å². The fourth-order valence-corrected chi connectivity index (χ4v) is 2.28. The molecule has 2 rings (SSSR count). The van der Waals surface area contributed by atoms with Gasteiger partial charge in [-0.05, 0) is 24.1 Å². The first-order valence-corrected chi connectivity index (χ1v) is 7.35. The minimum atomic E-state index is -0.920. The molecule has 0 bridgehead atoms. The summed E-state index contributed by atoms with van der Waals surface area (Å²) in [6.07, 6.45) is 4.23. The summed E-state index contributed by atoms with van der Waals surface area (Å²) < 4.78 is 31.2. The molecule has 1 aliphatic heterocycles. The highest BCUT2D eigenvalue weighted by atomic mass is 79.9. The smallest absolute Gasteiger partial charge is 0.410 e. The van der Waals surface area contributed by atoms with Gasteiger partial charge in [0.05, 0.1) is 6.04 Å². The molecule has 1 aliphatic rings. The number of nitrogens with zero attached hydrogens (tertiary/aromatic N) is 1. The molecular formula is C14H14BrF2NO2. The highest BCUT2D eigenvalue weighted by Gasteiger charge is 2.33. The lowest BCUT2D eigenvalue weighted by molar-refractivity contribution is 0.160. The highest BCUT2D eigenvalue weighted by Crippen LogP contribution is 2.28. The number of cyclic esters (lactones) is 1. The molecule has 1 fully saturated rings. The SMILES string of the molecule is O=C1OCC(c2ccc(F)c(F)c2)N1C/C=C/CCBr. The van der Waals surface area contributed by atoms with Gasteiger partial charge in [0.25, 0.3) is 0 Å². The highest BCUT2D eigenvalue weighted by molar-refractivity contribution is 9.09. The Labute approximate surface area is 124 Å². The van der Waals surface area contributed by atoms with Crippen molar-refractivity contribution < 1.29 is 18.3 Å². The van der Waals surface area contributed by atoms with Crippen LogP contribution >= 0.6 is 15.9 Å². The van der Waals surface area contributed by atoms with Crippen molar-refractivity contribution in [1.29, 1.82) is 0 Å². The Morgan fingerprint density at radius 1 is 1.35 bits per heavy atom. The molecule has 1 aromatic carbocycles. The van der Waals surface area contributed by atoms with E-state index in [2.05, 4.69) is 15.9 Å². The number of alkyl halides is 1. The van der Waals surface area contributed by atoms with Crippen LogP contribution in [0.4, 0.5) is 13.6 Å². The van der Waals surface area contributed by atoms with Crippen LogP contribution in [0.2, 0.25) is 0 Å². The van der Waals surface area contributed by atoms with Crippen LogP contribution in [0.25, 0.3) is 0 Å². The molecule has 108 valence electrons. The lowest BCUT2D eigenvalue weighted by Crippen LogP contribution is -2.27. The van der Waals surface area contributed by atoms with Crippen molar-refractivity contribution in [2.75, 3.05) is 18.5 Å². The van der Waals surface area contributed by atoms with Crippen molar-refractivity contribution in [3.05, 3.63) is 47.5 Å². The van der Waals surface area contributed by atoms with Gasteiger partial charge in [-0.1, -0.05) is 34.1 Å². The molecule has 6 heteroatoms. The topological polar surface area (TPSA) is 29.5 Å². The molecule has 0 spiro atoms. The van der Waals surface area contributed by atoms with Crippen LogP contribution in [-0.2, 0) is 4.74 Å². The van der Waals surface area contributed by atoms with Crippen LogP contribution in [0.5, 0.6) is 0 Å². The number of carbonyl (C=O) groups is 1. The van der Waals surface area contributed by atoms with E-state index >= 15 is 0 Å². The quantitative estimate of drug-likeness (QED) is 0.600. The maximum atomic E-state index is 13.3. The molecule has 0 aliphatic carbocycles. The summed E-state index contributed by atoms with van der Waals surface area (Å²) in [5.74, 6) is -1.82. The Morgan fingerprint density at radius 2 is 2.15 bits per heavy atom. The van der Waals surface area contributed by atoms with E-state index < -0.39 is 17.7 Å². The lowest BCUT2D eigenvalue weighted by atomic mass is 10.1. The monoisotopic (exact) mass is 345 g/mol. The Hall–Kier alpha value is -1.43. The van der Waals surface area contributed by atoms with E-state index in [-0.39, 0.29) is 12.6 Å². The molecule has 1 aromatic rings. The van der Waals surface area contributed by atoms with E-state index in [0.29, 0.717) is 12.1 Å². The van der Waals surface area contributed by atoms with Crippen molar-refractivity contribution in [3.63, 3.8) is 0 Å². The predicted molar refractivity (Wildman–Crippen MR) is 74.7 cm³/mol. The average molecular weight is 346 g/mol. The maximum Gasteiger partial charge on any atom is 0.410 e. The fourth-order valence-electron chi connectivity index (χ4n) is 2.02. The van der Waals surface area contributed by atoms with Crippen molar-refractivity contribution in [2.45, 2.75) is 12.5 Å². The van der Waals surface area contributed by atoms with E-state index in [0.717, 1.165) is 23.9 Å². The van der Waals surface area contributed by atoms with Gasteiger partial charge in [0.1, 0.15) is 6.61 Å². The number of carbonyl (C=O) groups excluding carboxylic acids is 1. The minimum Gasteiger partial charge on any atom is -0.447 e. The second-order valence-corrected chi connectivity index (χ2v) is 5.16. The summed E-state index contributed by atoms with van der Waals surface area (Å²) in [5, 5.41) is 0.848. The number of ether oxygens (including phenoxy) is 1. The van der Waals surface area contributed by atoms with Gasteiger partial charge in [-0.15, -0.1) is 0 Å². The average Bonchev–Trinajstić information content (AvgIpc) is 2.79. The summed E-state index contributed by atoms with van der Waals surface area (Å²) in [4.78, 5) is 13.2. The molecule has 1 saturated heterocycles. The van der Waals surface area contributed by atoms with E-state index in [1.54, 1.807) is 0 Å². The standard InChI is InChI=1S/C14H14BrF2NO2/c15-6-2-1-3-7-18-13(9-20-14(18)19)10-4-5-11(16)12(17)8-10/h1,3-5,8,13H,2,6-7,9H2/b3-1+. The normalized spacial score (nSPS) is 18.9. The summed E-state index contributed by atoms with van der Waals surface area (Å²) in [5.41, 5.74) is 0.531. The Morgan fingerprint density at radius 3 is 2.85 bits per heavy atom. The molecule has 1 amide bonds. The third-order valence-electron chi connectivity index (χ3n) is 3.05. The van der Waals surface area contributed by atoms with Crippen LogP contribution in [-0.4, -0.2) is 29.5 Å². The first-order valence-electron chi connectivity index (χ1n) is 6.22. The second kappa shape index (κ2) is 6.83. The zero-order valence-corrected chi connectivity index (χ0v) is 12.3. The Kier molecular flexibility index (Phi) is 5.11. The minimum absolute atomic E-state index is 0.149. The van der Waals surface area contributed by atoms with Gasteiger partial charge in [0.2, 0.25) is 0 Å². The van der Waals surface area contributed by atoms with Crippen molar-refractivity contribution >= 4 is 22.0 Å². The summed E-state index contributed by atoms with van der Waals surface area (Å²) >= 11 is 3.30. The molecule has 20 heavy (non-hydrogen) atoms. The molecule has 1 heterocycles.